The first-order valence-electron chi connectivity index (χ1n) is 6.66. The summed E-state index contributed by atoms with van der Waals surface area (Å²) in [5.41, 5.74) is -0.0251. The van der Waals surface area contributed by atoms with Crippen LogP contribution in [0.15, 0.2) is 17.2 Å². The Kier molecular flexibility index (Phi) is 6.30. The second-order valence-corrected chi connectivity index (χ2v) is 8.14. The van der Waals surface area contributed by atoms with Crippen LogP contribution < -0.4 is 4.72 Å². The van der Waals surface area contributed by atoms with Gasteiger partial charge in [-0.3, -0.25) is 0 Å². The van der Waals surface area contributed by atoms with Gasteiger partial charge in [0.1, 0.15) is 10.6 Å². The van der Waals surface area contributed by atoms with E-state index < -0.39 is 16.0 Å². The highest BCUT2D eigenvalue weighted by Crippen LogP contribution is 2.19. The van der Waals surface area contributed by atoms with Crippen molar-refractivity contribution in [3.8, 4) is 0 Å². The van der Waals surface area contributed by atoms with E-state index in [2.05, 4.69) is 4.72 Å². The number of sulfonamides is 1. The fraction of sp³-hybridized carbons (Fsp3) is 0.615. The Labute approximate surface area is 130 Å². The standard InChI is InChI=1S/C13H22N2O4S2/c1-9(2)15-8-11(7-12(15)13(16)17)21(18,19)14-6-5-10(3)20-4/h7-10,14H,5-6H2,1-4H3,(H,16,17). The van der Waals surface area contributed by atoms with Gasteiger partial charge in [-0.15, -0.1) is 0 Å². The average Bonchev–Trinajstić information content (AvgIpc) is 2.84. The van der Waals surface area contributed by atoms with Crippen molar-refractivity contribution in [1.29, 1.82) is 0 Å². The summed E-state index contributed by atoms with van der Waals surface area (Å²) in [6, 6.07) is 1.07. The van der Waals surface area contributed by atoms with Gasteiger partial charge in [0.05, 0.1) is 0 Å². The summed E-state index contributed by atoms with van der Waals surface area (Å²) >= 11 is 1.67. The molecule has 21 heavy (non-hydrogen) atoms. The molecule has 8 heteroatoms. The monoisotopic (exact) mass is 334 g/mol. The number of aromatic carboxylic acids is 1. The molecule has 6 nitrogen and oxygen atoms in total. The lowest BCUT2D eigenvalue weighted by Crippen LogP contribution is -2.26. The van der Waals surface area contributed by atoms with Gasteiger partial charge in [-0.2, -0.15) is 11.8 Å². The normalized spacial score (nSPS) is 13.6. The van der Waals surface area contributed by atoms with Crippen molar-refractivity contribution < 1.29 is 18.3 Å². The van der Waals surface area contributed by atoms with E-state index in [1.807, 2.05) is 13.2 Å². The first-order valence-corrected chi connectivity index (χ1v) is 9.43. The van der Waals surface area contributed by atoms with Gasteiger partial charge in [-0.05, 0) is 32.6 Å². The molecular weight excluding hydrogens is 312 g/mol. The summed E-state index contributed by atoms with van der Waals surface area (Å²) in [6.07, 6.45) is 4.06. The Morgan fingerprint density at radius 3 is 2.48 bits per heavy atom. The van der Waals surface area contributed by atoms with Gasteiger partial charge in [-0.25, -0.2) is 17.9 Å². The van der Waals surface area contributed by atoms with Gasteiger partial charge in [0.25, 0.3) is 0 Å². The number of aromatic nitrogens is 1. The molecule has 0 aliphatic rings. The van der Waals surface area contributed by atoms with Crippen LogP contribution in [0.5, 0.6) is 0 Å². The third kappa shape index (κ3) is 4.76. The highest BCUT2D eigenvalue weighted by atomic mass is 32.2. The molecule has 0 amide bonds. The molecule has 1 aromatic rings. The van der Waals surface area contributed by atoms with Crippen LogP contribution in [0.3, 0.4) is 0 Å². The van der Waals surface area contributed by atoms with Crippen molar-refractivity contribution in [3.63, 3.8) is 0 Å². The van der Waals surface area contributed by atoms with Crippen molar-refractivity contribution >= 4 is 27.8 Å². The van der Waals surface area contributed by atoms with E-state index in [9.17, 15) is 13.2 Å². The number of nitrogens with zero attached hydrogens (tertiary/aromatic N) is 1. The molecule has 2 N–H and O–H groups in total. The molecule has 1 atom stereocenters. The summed E-state index contributed by atoms with van der Waals surface area (Å²) in [5, 5.41) is 9.50. The molecule has 0 radical (unpaired) electrons. The second kappa shape index (κ2) is 7.33. The average molecular weight is 334 g/mol. The Bertz CT molecular complexity index is 593. The lowest BCUT2D eigenvalue weighted by atomic mass is 10.3. The van der Waals surface area contributed by atoms with Crippen LogP contribution in [-0.2, 0) is 10.0 Å². The first-order chi connectivity index (χ1) is 9.69. The van der Waals surface area contributed by atoms with Crippen molar-refractivity contribution in [2.45, 2.75) is 43.4 Å². The summed E-state index contributed by atoms with van der Waals surface area (Å²) in [5.74, 6) is -1.14. The van der Waals surface area contributed by atoms with Crippen molar-refractivity contribution in [2.75, 3.05) is 12.8 Å². The summed E-state index contributed by atoms with van der Waals surface area (Å²) in [6.45, 7) is 5.96. The molecule has 1 rings (SSSR count). The molecule has 0 fully saturated rings. The molecular formula is C13H22N2O4S2. The number of carboxylic acids is 1. The number of thioether (sulfide) groups is 1. The SMILES string of the molecule is CSC(C)CCNS(=O)(=O)c1cc(C(=O)O)n(C(C)C)c1. The topological polar surface area (TPSA) is 88.4 Å². The van der Waals surface area contributed by atoms with E-state index >= 15 is 0 Å². The van der Waals surface area contributed by atoms with Crippen LogP contribution in [0.4, 0.5) is 0 Å². The van der Waals surface area contributed by atoms with Crippen molar-refractivity contribution in [1.82, 2.24) is 9.29 Å². The molecule has 0 saturated carbocycles. The number of rotatable bonds is 8. The first kappa shape index (κ1) is 18.1. The van der Waals surface area contributed by atoms with E-state index in [0.717, 1.165) is 6.42 Å². The zero-order valence-corrected chi connectivity index (χ0v) is 14.3. The van der Waals surface area contributed by atoms with E-state index in [4.69, 9.17) is 5.11 Å². The highest BCUT2D eigenvalue weighted by molar-refractivity contribution is 7.99. The predicted molar refractivity (Wildman–Crippen MR) is 84.6 cm³/mol. The van der Waals surface area contributed by atoms with Gasteiger partial charge in [-0.1, -0.05) is 6.92 Å². The van der Waals surface area contributed by atoms with Crippen LogP contribution >= 0.6 is 11.8 Å². The predicted octanol–water partition coefficient (Wildman–Crippen LogP) is 2.19. The maximum Gasteiger partial charge on any atom is 0.352 e. The number of hydrogen-bond acceptors (Lipinski definition) is 4. The quantitative estimate of drug-likeness (QED) is 0.761. The van der Waals surface area contributed by atoms with E-state index in [0.29, 0.717) is 11.8 Å². The van der Waals surface area contributed by atoms with Crippen molar-refractivity contribution in [2.24, 2.45) is 0 Å². The van der Waals surface area contributed by atoms with Gasteiger partial charge in [0, 0.05) is 24.0 Å². The van der Waals surface area contributed by atoms with Crippen LogP contribution in [0.2, 0.25) is 0 Å². The molecule has 1 heterocycles. The van der Waals surface area contributed by atoms with Gasteiger partial charge in [0.2, 0.25) is 10.0 Å². The third-order valence-electron chi connectivity index (χ3n) is 3.15. The molecule has 0 aliphatic heterocycles. The number of nitrogens with one attached hydrogen (secondary N) is 1. The molecule has 1 aromatic heterocycles. The Hall–Kier alpha value is -0.990. The maximum atomic E-state index is 12.2. The van der Waals surface area contributed by atoms with Crippen LogP contribution in [0, 0.1) is 0 Å². The van der Waals surface area contributed by atoms with Crippen LogP contribution in [0.25, 0.3) is 0 Å². The fourth-order valence-corrected chi connectivity index (χ4v) is 3.22. The molecule has 120 valence electrons. The molecule has 0 bridgehead atoms. The van der Waals surface area contributed by atoms with E-state index in [1.54, 1.807) is 25.6 Å². The maximum absolute atomic E-state index is 12.2. The Balaban J connectivity index is 2.93. The lowest BCUT2D eigenvalue weighted by Gasteiger charge is -2.10. The van der Waals surface area contributed by atoms with Crippen LogP contribution in [-0.4, -0.2) is 42.1 Å². The minimum atomic E-state index is -3.68. The highest BCUT2D eigenvalue weighted by Gasteiger charge is 2.22. The molecule has 0 spiro atoms. The smallest absolute Gasteiger partial charge is 0.352 e. The molecule has 0 saturated heterocycles. The molecule has 0 aromatic carbocycles. The molecule has 0 aliphatic carbocycles. The van der Waals surface area contributed by atoms with Gasteiger partial charge < -0.3 is 9.67 Å². The summed E-state index contributed by atoms with van der Waals surface area (Å²) < 4.78 is 28.3. The van der Waals surface area contributed by atoms with Gasteiger partial charge >= 0.3 is 5.97 Å². The number of hydrogen-bond donors (Lipinski definition) is 2. The fourth-order valence-electron chi connectivity index (χ4n) is 1.80. The third-order valence-corrected chi connectivity index (χ3v) is 5.62. The largest absolute Gasteiger partial charge is 0.477 e. The number of carbonyl (C=O) groups is 1. The second-order valence-electron chi connectivity index (χ2n) is 5.10. The minimum Gasteiger partial charge on any atom is -0.477 e. The lowest BCUT2D eigenvalue weighted by molar-refractivity contribution is 0.0683. The zero-order chi connectivity index (χ0) is 16.2. The number of carboxylic acid groups (broad SMARTS) is 1. The Morgan fingerprint density at radius 1 is 1.43 bits per heavy atom. The van der Waals surface area contributed by atoms with Gasteiger partial charge in [0.15, 0.2) is 0 Å². The molecule has 1 unspecified atom stereocenters. The van der Waals surface area contributed by atoms with E-state index in [1.165, 1.54) is 16.8 Å². The van der Waals surface area contributed by atoms with Crippen molar-refractivity contribution in [3.05, 3.63) is 18.0 Å². The zero-order valence-electron chi connectivity index (χ0n) is 12.7. The Morgan fingerprint density at radius 2 is 2.05 bits per heavy atom. The summed E-state index contributed by atoms with van der Waals surface area (Å²) in [7, 11) is -3.68. The van der Waals surface area contributed by atoms with Crippen LogP contribution in [0.1, 0.15) is 43.7 Å². The van der Waals surface area contributed by atoms with E-state index in [-0.39, 0.29) is 16.6 Å². The minimum absolute atomic E-state index is 0.00888. The summed E-state index contributed by atoms with van der Waals surface area (Å²) in [4.78, 5) is 11.2.